The number of likely N-dealkylation sites (N-methyl/N-ethyl adjacent to an activating group) is 1. The number of hydrogen-bond donors (Lipinski definition) is 1. The van der Waals surface area contributed by atoms with Crippen molar-refractivity contribution in [2.45, 2.75) is 32.1 Å². The molecule has 5 rings (SSSR count). The molecular weight excluding hydrogens is 458 g/mol. The van der Waals surface area contributed by atoms with E-state index < -0.39 is 5.82 Å². The molecule has 36 heavy (non-hydrogen) atoms. The van der Waals surface area contributed by atoms with Crippen LogP contribution < -0.4 is 10.2 Å². The fourth-order valence-electron chi connectivity index (χ4n) is 5.17. The van der Waals surface area contributed by atoms with E-state index in [0.29, 0.717) is 28.7 Å². The van der Waals surface area contributed by atoms with Crippen LogP contribution in [-0.2, 0) is 0 Å². The summed E-state index contributed by atoms with van der Waals surface area (Å²) in [6.07, 6.45) is 6.13. The van der Waals surface area contributed by atoms with Crippen molar-refractivity contribution in [2.75, 3.05) is 50.0 Å². The highest BCUT2D eigenvalue weighted by molar-refractivity contribution is 5.66. The molecule has 1 aliphatic heterocycles. The third-order valence-corrected chi connectivity index (χ3v) is 7.42. The monoisotopic (exact) mass is 490 g/mol. The van der Waals surface area contributed by atoms with Gasteiger partial charge in [-0.25, -0.2) is 13.5 Å². The summed E-state index contributed by atoms with van der Waals surface area (Å²) in [6, 6.07) is 13.4. The summed E-state index contributed by atoms with van der Waals surface area (Å²) in [5, 5.41) is 17.2. The van der Waals surface area contributed by atoms with Crippen LogP contribution >= 0.6 is 0 Å². The molecule has 6 nitrogen and oxygen atoms in total. The van der Waals surface area contributed by atoms with E-state index in [4.69, 9.17) is 5.26 Å². The molecule has 8 heteroatoms. The Kier molecular flexibility index (Phi) is 7.19. The van der Waals surface area contributed by atoms with Crippen molar-refractivity contribution in [3.63, 3.8) is 0 Å². The largest absolute Gasteiger partial charge is 0.370 e. The second kappa shape index (κ2) is 10.7. The highest BCUT2D eigenvalue weighted by Crippen LogP contribution is 2.30. The minimum Gasteiger partial charge on any atom is -0.370 e. The molecule has 2 aliphatic rings. The van der Waals surface area contributed by atoms with Gasteiger partial charge in [-0.1, -0.05) is 25.3 Å². The normalized spacial score (nSPS) is 17.2. The van der Waals surface area contributed by atoms with E-state index in [1.165, 1.54) is 44.2 Å². The van der Waals surface area contributed by atoms with Gasteiger partial charge >= 0.3 is 0 Å². The van der Waals surface area contributed by atoms with E-state index in [1.807, 2.05) is 18.2 Å². The Morgan fingerprint density at radius 3 is 2.44 bits per heavy atom. The van der Waals surface area contributed by atoms with Crippen molar-refractivity contribution in [1.82, 2.24) is 14.7 Å². The van der Waals surface area contributed by atoms with E-state index in [9.17, 15) is 4.39 Å². The van der Waals surface area contributed by atoms with Crippen LogP contribution in [0.4, 0.5) is 20.3 Å². The molecule has 188 valence electrons. The molecule has 0 spiro atoms. The van der Waals surface area contributed by atoms with Crippen LogP contribution in [0, 0.1) is 28.9 Å². The molecule has 2 fully saturated rings. The number of nitriles is 1. The lowest BCUT2D eigenvalue weighted by Crippen LogP contribution is -2.44. The van der Waals surface area contributed by atoms with Gasteiger partial charge in [-0.2, -0.15) is 10.4 Å². The number of halogens is 2. The maximum atomic E-state index is 15.5. The third-order valence-electron chi connectivity index (χ3n) is 7.42. The zero-order valence-electron chi connectivity index (χ0n) is 20.7. The van der Waals surface area contributed by atoms with Gasteiger partial charge in [0.05, 0.1) is 11.3 Å². The van der Waals surface area contributed by atoms with E-state index in [1.54, 1.807) is 22.9 Å². The van der Waals surface area contributed by atoms with Crippen LogP contribution in [0.3, 0.4) is 0 Å². The first-order valence-electron chi connectivity index (χ1n) is 12.8. The summed E-state index contributed by atoms with van der Waals surface area (Å²) in [5.41, 5.74) is 2.26. The van der Waals surface area contributed by atoms with Crippen molar-refractivity contribution < 1.29 is 8.78 Å². The molecule has 3 aromatic rings. The van der Waals surface area contributed by atoms with Gasteiger partial charge in [0.1, 0.15) is 23.4 Å². The van der Waals surface area contributed by atoms with Gasteiger partial charge in [0.2, 0.25) is 0 Å². The van der Waals surface area contributed by atoms with Gasteiger partial charge in [-0.05, 0) is 56.1 Å². The molecule has 1 saturated carbocycles. The minimum absolute atomic E-state index is 0.0145. The van der Waals surface area contributed by atoms with Crippen LogP contribution in [0.5, 0.6) is 0 Å². The predicted molar refractivity (Wildman–Crippen MR) is 138 cm³/mol. The SMILES string of the molecule is CN1CCN(c2ccc(-n3nc(-c4ccc(C#N)c(F)c4)cc3NCC3CCCCC3)c(F)c2)CC1. The average molecular weight is 491 g/mol. The van der Waals surface area contributed by atoms with Gasteiger partial charge in [-0.3, -0.25) is 0 Å². The second-order valence-electron chi connectivity index (χ2n) is 9.94. The van der Waals surface area contributed by atoms with Crippen LogP contribution in [0.15, 0.2) is 42.5 Å². The molecule has 0 unspecified atom stereocenters. The van der Waals surface area contributed by atoms with Crippen molar-refractivity contribution in [1.29, 1.82) is 5.26 Å². The highest BCUT2D eigenvalue weighted by Gasteiger charge is 2.20. The number of rotatable bonds is 6. The number of anilines is 2. The fourth-order valence-corrected chi connectivity index (χ4v) is 5.17. The summed E-state index contributed by atoms with van der Waals surface area (Å²) in [6.45, 7) is 4.40. The van der Waals surface area contributed by atoms with Crippen LogP contribution in [0.1, 0.15) is 37.7 Å². The molecule has 1 saturated heterocycles. The lowest BCUT2D eigenvalue weighted by atomic mass is 9.89. The number of nitrogens with zero attached hydrogens (tertiary/aromatic N) is 5. The maximum Gasteiger partial charge on any atom is 0.151 e. The third kappa shape index (κ3) is 5.21. The van der Waals surface area contributed by atoms with Crippen LogP contribution in [-0.4, -0.2) is 54.5 Å². The summed E-state index contributed by atoms with van der Waals surface area (Å²) in [5.74, 6) is 0.297. The standard InChI is InChI=1S/C28H32F2N6/c1-34-11-13-35(14-12-34)23-9-10-27(25(30)16-23)36-28(32-19-20-5-3-2-4-6-20)17-26(33-36)21-7-8-22(18-31)24(29)15-21/h7-10,15-17,20,32H,2-6,11-14,19H2,1H3. The molecule has 1 aromatic heterocycles. The number of nitrogens with one attached hydrogen (secondary N) is 1. The quantitative estimate of drug-likeness (QED) is 0.499. The van der Waals surface area contributed by atoms with E-state index in [2.05, 4.69) is 27.3 Å². The average Bonchev–Trinajstić information content (AvgIpc) is 3.32. The number of piperazine rings is 1. The second-order valence-corrected chi connectivity index (χ2v) is 9.94. The zero-order chi connectivity index (χ0) is 25.1. The Morgan fingerprint density at radius 2 is 1.75 bits per heavy atom. The first-order valence-corrected chi connectivity index (χ1v) is 12.8. The van der Waals surface area contributed by atoms with E-state index in [-0.39, 0.29) is 11.4 Å². The summed E-state index contributed by atoms with van der Waals surface area (Å²) >= 11 is 0. The molecular formula is C28H32F2N6. The van der Waals surface area contributed by atoms with Crippen LogP contribution in [0.2, 0.25) is 0 Å². The lowest BCUT2D eigenvalue weighted by Gasteiger charge is -2.34. The summed E-state index contributed by atoms with van der Waals surface area (Å²) < 4.78 is 31.4. The first kappa shape index (κ1) is 24.3. The van der Waals surface area contributed by atoms with Gasteiger partial charge in [0.25, 0.3) is 0 Å². The Morgan fingerprint density at radius 1 is 0.972 bits per heavy atom. The minimum atomic E-state index is -0.594. The maximum absolute atomic E-state index is 15.5. The molecule has 0 amide bonds. The molecule has 0 atom stereocenters. The Hall–Kier alpha value is -3.44. The van der Waals surface area contributed by atoms with Gasteiger partial charge in [0.15, 0.2) is 5.82 Å². The lowest BCUT2D eigenvalue weighted by molar-refractivity contribution is 0.312. The number of aromatic nitrogens is 2. The number of benzene rings is 2. The number of hydrogen-bond acceptors (Lipinski definition) is 5. The molecule has 0 bridgehead atoms. The Labute approximate surface area is 211 Å². The van der Waals surface area contributed by atoms with Crippen molar-refractivity contribution >= 4 is 11.5 Å². The van der Waals surface area contributed by atoms with Gasteiger partial charge < -0.3 is 15.1 Å². The summed E-state index contributed by atoms with van der Waals surface area (Å²) in [4.78, 5) is 4.46. The van der Waals surface area contributed by atoms with Crippen molar-refractivity contribution in [3.05, 3.63) is 59.7 Å². The molecule has 1 N–H and O–H groups in total. The molecule has 2 aromatic carbocycles. The highest BCUT2D eigenvalue weighted by atomic mass is 19.1. The van der Waals surface area contributed by atoms with Gasteiger partial charge in [0, 0.05) is 50.0 Å². The fraction of sp³-hybridized carbons (Fsp3) is 0.429. The van der Waals surface area contributed by atoms with Crippen molar-refractivity contribution in [3.8, 4) is 23.0 Å². The van der Waals surface area contributed by atoms with Crippen molar-refractivity contribution in [2.24, 2.45) is 5.92 Å². The Balaban J connectivity index is 1.46. The first-order chi connectivity index (χ1) is 17.5. The van der Waals surface area contributed by atoms with E-state index >= 15 is 4.39 Å². The topological polar surface area (TPSA) is 60.1 Å². The predicted octanol–water partition coefficient (Wildman–Crippen LogP) is 5.43. The molecule has 2 heterocycles. The van der Waals surface area contributed by atoms with E-state index in [0.717, 1.165) is 38.4 Å². The smallest absolute Gasteiger partial charge is 0.151 e. The van der Waals surface area contributed by atoms with Crippen LogP contribution in [0.25, 0.3) is 16.9 Å². The molecule has 0 radical (unpaired) electrons. The molecule has 1 aliphatic carbocycles. The van der Waals surface area contributed by atoms with Gasteiger partial charge in [-0.15, -0.1) is 0 Å². The zero-order valence-corrected chi connectivity index (χ0v) is 20.7. The summed E-state index contributed by atoms with van der Waals surface area (Å²) in [7, 11) is 2.10. The Bertz CT molecular complexity index is 1250.